The van der Waals surface area contributed by atoms with Gasteiger partial charge < -0.3 is 15.1 Å². The molecule has 1 aliphatic heterocycles. The first-order valence-corrected chi connectivity index (χ1v) is 11.2. The van der Waals surface area contributed by atoms with E-state index in [2.05, 4.69) is 10.3 Å². The SMILES string of the molecule is CN(C)c1ccc(CNC(=O)N2CCN(S(=O)(=O)c3cccc(C(F)(F)F)c3)CC2)cn1. The molecule has 0 radical (unpaired) electrons. The molecule has 12 heteroatoms. The van der Waals surface area contributed by atoms with Crippen molar-refractivity contribution >= 4 is 21.9 Å². The topological polar surface area (TPSA) is 85.9 Å². The Morgan fingerprint density at radius 2 is 1.81 bits per heavy atom. The summed E-state index contributed by atoms with van der Waals surface area (Å²) < 4.78 is 65.4. The smallest absolute Gasteiger partial charge is 0.363 e. The number of hydrogen-bond donors (Lipinski definition) is 1. The van der Waals surface area contributed by atoms with Crippen LogP contribution in [0.1, 0.15) is 11.1 Å². The number of carbonyl (C=O) groups excluding carboxylic acids is 1. The Morgan fingerprint density at radius 1 is 1.12 bits per heavy atom. The Kier molecular flexibility index (Phi) is 6.94. The van der Waals surface area contributed by atoms with Crippen LogP contribution in [0.15, 0.2) is 47.5 Å². The molecule has 0 saturated carbocycles. The van der Waals surface area contributed by atoms with Gasteiger partial charge in [0, 0.05) is 53.0 Å². The molecule has 174 valence electrons. The zero-order valence-corrected chi connectivity index (χ0v) is 18.4. The zero-order valence-electron chi connectivity index (χ0n) is 17.6. The van der Waals surface area contributed by atoms with Gasteiger partial charge >= 0.3 is 12.2 Å². The van der Waals surface area contributed by atoms with Gasteiger partial charge in [-0.1, -0.05) is 12.1 Å². The molecule has 2 heterocycles. The Labute approximate surface area is 184 Å². The van der Waals surface area contributed by atoms with Crippen molar-refractivity contribution in [3.05, 3.63) is 53.7 Å². The van der Waals surface area contributed by atoms with Crippen LogP contribution in [-0.2, 0) is 22.7 Å². The molecular weight excluding hydrogens is 447 g/mol. The number of urea groups is 1. The number of carbonyl (C=O) groups is 1. The summed E-state index contributed by atoms with van der Waals surface area (Å²) in [5, 5.41) is 2.77. The van der Waals surface area contributed by atoms with Crippen LogP contribution >= 0.6 is 0 Å². The number of benzene rings is 1. The number of rotatable bonds is 5. The van der Waals surface area contributed by atoms with Crippen LogP contribution in [0.3, 0.4) is 0 Å². The van der Waals surface area contributed by atoms with Crippen molar-refractivity contribution in [2.24, 2.45) is 0 Å². The van der Waals surface area contributed by atoms with Gasteiger partial charge in [-0.05, 0) is 29.8 Å². The van der Waals surface area contributed by atoms with Gasteiger partial charge in [0.2, 0.25) is 10.0 Å². The molecule has 0 bridgehead atoms. The minimum atomic E-state index is -4.63. The lowest BCUT2D eigenvalue weighted by molar-refractivity contribution is -0.137. The summed E-state index contributed by atoms with van der Waals surface area (Å²) in [5.74, 6) is 0.790. The Balaban J connectivity index is 1.56. The Morgan fingerprint density at radius 3 is 2.38 bits per heavy atom. The van der Waals surface area contributed by atoms with Crippen LogP contribution < -0.4 is 10.2 Å². The molecule has 0 atom stereocenters. The molecule has 1 aromatic carbocycles. The quantitative estimate of drug-likeness (QED) is 0.724. The number of aromatic nitrogens is 1. The van der Waals surface area contributed by atoms with Gasteiger partial charge in [0.1, 0.15) is 5.82 Å². The number of nitrogens with one attached hydrogen (secondary N) is 1. The van der Waals surface area contributed by atoms with Crippen molar-refractivity contribution in [2.45, 2.75) is 17.6 Å². The lowest BCUT2D eigenvalue weighted by atomic mass is 10.2. The van der Waals surface area contributed by atoms with Gasteiger partial charge in [0.05, 0.1) is 10.5 Å². The van der Waals surface area contributed by atoms with Crippen LogP contribution in [0.5, 0.6) is 0 Å². The van der Waals surface area contributed by atoms with Crippen LogP contribution in [0, 0.1) is 0 Å². The van der Waals surface area contributed by atoms with Gasteiger partial charge in [-0.25, -0.2) is 18.2 Å². The first kappa shape index (κ1) is 23.8. The Hall–Kier alpha value is -2.86. The molecule has 1 aromatic heterocycles. The monoisotopic (exact) mass is 471 g/mol. The summed E-state index contributed by atoms with van der Waals surface area (Å²) in [6, 6.07) is 6.99. The van der Waals surface area contributed by atoms with Crippen LogP contribution in [0.25, 0.3) is 0 Å². The summed E-state index contributed by atoms with van der Waals surface area (Å²) in [5.41, 5.74) is -0.209. The maximum atomic E-state index is 12.9. The van der Waals surface area contributed by atoms with E-state index in [0.717, 1.165) is 33.9 Å². The van der Waals surface area contributed by atoms with Crippen molar-refractivity contribution in [1.82, 2.24) is 19.5 Å². The number of alkyl halides is 3. The zero-order chi connectivity index (χ0) is 23.5. The van der Waals surface area contributed by atoms with Gasteiger partial charge in [-0.15, -0.1) is 0 Å². The number of nitrogens with zero attached hydrogens (tertiary/aromatic N) is 4. The fraction of sp³-hybridized carbons (Fsp3) is 0.400. The van der Waals surface area contributed by atoms with Crippen LogP contribution in [0.4, 0.5) is 23.8 Å². The minimum absolute atomic E-state index is 0.00884. The standard InChI is InChI=1S/C20H24F3N5O3S/c1-26(2)18-7-6-15(13-24-18)14-25-19(29)27-8-10-28(11-9-27)32(30,31)17-5-3-4-16(12-17)20(21,22)23/h3-7,12-13H,8-11,14H2,1-2H3,(H,25,29). The van der Waals surface area contributed by atoms with Crippen molar-refractivity contribution in [1.29, 1.82) is 0 Å². The molecule has 0 aliphatic carbocycles. The highest BCUT2D eigenvalue weighted by molar-refractivity contribution is 7.89. The molecule has 3 rings (SSSR count). The molecule has 1 aliphatic rings. The van der Waals surface area contributed by atoms with Gasteiger partial charge in [-0.3, -0.25) is 0 Å². The summed E-state index contributed by atoms with van der Waals surface area (Å²) in [4.78, 5) is 19.6. The maximum absolute atomic E-state index is 12.9. The third kappa shape index (κ3) is 5.49. The van der Waals surface area contributed by atoms with E-state index in [9.17, 15) is 26.4 Å². The molecule has 32 heavy (non-hydrogen) atoms. The molecule has 1 N–H and O–H groups in total. The molecule has 8 nitrogen and oxygen atoms in total. The predicted molar refractivity (Wildman–Crippen MR) is 113 cm³/mol. The van der Waals surface area contributed by atoms with E-state index in [1.165, 1.54) is 4.90 Å². The number of amides is 2. The molecule has 2 amide bonds. The molecule has 0 spiro atoms. The first-order valence-electron chi connectivity index (χ1n) is 9.81. The van der Waals surface area contributed by atoms with Gasteiger partial charge in [0.25, 0.3) is 0 Å². The van der Waals surface area contributed by atoms with E-state index in [-0.39, 0.29) is 38.8 Å². The molecule has 1 fully saturated rings. The van der Waals surface area contributed by atoms with Gasteiger partial charge in [-0.2, -0.15) is 17.5 Å². The number of pyridine rings is 1. The third-order valence-corrected chi connectivity index (χ3v) is 6.93. The average molecular weight is 472 g/mol. The molecular formula is C20H24F3N5O3S. The fourth-order valence-electron chi connectivity index (χ4n) is 3.19. The summed E-state index contributed by atoms with van der Waals surface area (Å²) >= 11 is 0. The predicted octanol–water partition coefficient (Wildman–Crippen LogP) is 2.38. The van der Waals surface area contributed by atoms with E-state index < -0.39 is 26.7 Å². The Bertz CT molecular complexity index is 1050. The fourth-order valence-corrected chi connectivity index (χ4v) is 4.66. The summed E-state index contributed by atoms with van der Waals surface area (Å²) in [6.07, 6.45) is -2.97. The van der Waals surface area contributed by atoms with Crippen molar-refractivity contribution in [3.8, 4) is 0 Å². The number of sulfonamides is 1. The summed E-state index contributed by atoms with van der Waals surface area (Å²) in [7, 11) is -0.354. The van der Waals surface area contributed by atoms with Crippen LogP contribution in [-0.4, -0.2) is 68.9 Å². The molecule has 2 aromatic rings. The second kappa shape index (κ2) is 9.33. The van der Waals surface area contributed by atoms with E-state index in [4.69, 9.17) is 0 Å². The van der Waals surface area contributed by atoms with E-state index >= 15 is 0 Å². The minimum Gasteiger partial charge on any atom is -0.363 e. The maximum Gasteiger partial charge on any atom is 0.416 e. The largest absolute Gasteiger partial charge is 0.416 e. The van der Waals surface area contributed by atoms with E-state index in [0.29, 0.717) is 6.07 Å². The van der Waals surface area contributed by atoms with E-state index in [1.54, 1.807) is 6.20 Å². The van der Waals surface area contributed by atoms with Gasteiger partial charge in [0.15, 0.2) is 0 Å². The third-order valence-electron chi connectivity index (χ3n) is 5.04. The second-order valence-electron chi connectivity index (χ2n) is 7.49. The van der Waals surface area contributed by atoms with Crippen LogP contribution in [0.2, 0.25) is 0 Å². The van der Waals surface area contributed by atoms with E-state index in [1.807, 2.05) is 31.1 Å². The number of anilines is 1. The lowest BCUT2D eigenvalue weighted by Crippen LogP contribution is -2.52. The lowest BCUT2D eigenvalue weighted by Gasteiger charge is -2.34. The highest BCUT2D eigenvalue weighted by atomic mass is 32.2. The molecule has 1 saturated heterocycles. The first-order chi connectivity index (χ1) is 15.0. The summed E-state index contributed by atoms with van der Waals surface area (Å²) in [6.45, 7) is 0.502. The molecule has 0 unspecified atom stereocenters. The highest BCUT2D eigenvalue weighted by Gasteiger charge is 2.34. The van der Waals surface area contributed by atoms with Crippen molar-refractivity contribution in [2.75, 3.05) is 45.2 Å². The second-order valence-corrected chi connectivity index (χ2v) is 9.43. The van der Waals surface area contributed by atoms with Crippen molar-refractivity contribution < 1.29 is 26.4 Å². The number of halogens is 3. The highest BCUT2D eigenvalue weighted by Crippen LogP contribution is 2.31. The number of piperazine rings is 1. The number of hydrogen-bond acceptors (Lipinski definition) is 5. The normalized spacial score (nSPS) is 15.5. The van der Waals surface area contributed by atoms with Crippen molar-refractivity contribution in [3.63, 3.8) is 0 Å². The average Bonchev–Trinajstić information content (AvgIpc) is 2.77.